The second-order valence-corrected chi connectivity index (χ2v) is 8.45. The Bertz CT molecular complexity index is 699. The molecular weight excluding hydrogens is 354 g/mol. The second kappa shape index (κ2) is 9.20. The predicted molar refractivity (Wildman–Crippen MR) is 102 cm³/mol. The number of methoxy groups -OCH3 is 1. The SMILES string of the molecule is COc1cccc(CSc2nnc(NC(=O)CCC3CCCC3)s2)c1. The summed E-state index contributed by atoms with van der Waals surface area (Å²) in [5.41, 5.74) is 1.17. The van der Waals surface area contributed by atoms with Crippen LogP contribution in [0.3, 0.4) is 0 Å². The molecule has 0 unspecified atom stereocenters. The van der Waals surface area contributed by atoms with Gasteiger partial charge >= 0.3 is 0 Å². The highest BCUT2D eigenvalue weighted by Gasteiger charge is 2.17. The molecule has 5 nitrogen and oxygen atoms in total. The molecule has 0 radical (unpaired) electrons. The van der Waals surface area contributed by atoms with E-state index in [9.17, 15) is 4.79 Å². The molecule has 1 aliphatic carbocycles. The first-order valence-electron chi connectivity index (χ1n) is 8.62. The topological polar surface area (TPSA) is 64.1 Å². The average Bonchev–Trinajstić information content (AvgIpc) is 3.30. The lowest BCUT2D eigenvalue weighted by atomic mass is 10.0. The molecule has 1 fully saturated rings. The summed E-state index contributed by atoms with van der Waals surface area (Å²) in [6.07, 6.45) is 6.75. The van der Waals surface area contributed by atoms with E-state index < -0.39 is 0 Å². The lowest BCUT2D eigenvalue weighted by Crippen LogP contribution is -2.12. The van der Waals surface area contributed by atoms with Crippen LogP contribution in [0.2, 0.25) is 0 Å². The number of anilines is 1. The van der Waals surface area contributed by atoms with Crippen molar-refractivity contribution < 1.29 is 9.53 Å². The summed E-state index contributed by atoms with van der Waals surface area (Å²) in [6, 6.07) is 7.98. The van der Waals surface area contributed by atoms with Crippen molar-refractivity contribution in [2.24, 2.45) is 5.92 Å². The van der Waals surface area contributed by atoms with Crippen LogP contribution in [0, 0.1) is 5.92 Å². The Morgan fingerprint density at radius 2 is 2.20 bits per heavy atom. The van der Waals surface area contributed by atoms with Crippen LogP contribution >= 0.6 is 23.1 Å². The molecule has 25 heavy (non-hydrogen) atoms. The van der Waals surface area contributed by atoms with E-state index in [1.54, 1.807) is 18.9 Å². The zero-order chi connectivity index (χ0) is 17.5. The van der Waals surface area contributed by atoms with E-state index in [-0.39, 0.29) is 5.91 Å². The molecule has 1 saturated carbocycles. The first-order valence-corrected chi connectivity index (χ1v) is 10.4. The number of hydrogen-bond donors (Lipinski definition) is 1. The minimum atomic E-state index is 0.0485. The van der Waals surface area contributed by atoms with E-state index in [1.807, 2.05) is 18.2 Å². The fourth-order valence-electron chi connectivity index (χ4n) is 3.04. The molecular formula is C18H23N3O2S2. The van der Waals surface area contributed by atoms with Crippen LogP contribution in [0.4, 0.5) is 5.13 Å². The van der Waals surface area contributed by atoms with Gasteiger partial charge in [0.05, 0.1) is 7.11 Å². The molecule has 0 atom stereocenters. The van der Waals surface area contributed by atoms with Gasteiger partial charge in [-0.25, -0.2) is 0 Å². The second-order valence-electron chi connectivity index (χ2n) is 6.25. The maximum absolute atomic E-state index is 12.0. The number of aromatic nitrogens is 2. The van der Waals surface area contributed by atoms with Gasteiger partial charge in [-0.15, -0.1) is 10.2 Å². The molecule has 1 N–H and O–H groups in total. The molecule has 0 aliphatic heterocycles. The summed E-state index contributed by atoms with van der Waals surface area (Å²) >= 11 is 3.04. The zero-order valence-corrected chi connectivity index (χ0v) is 16.0. The Morgan fingerprint density at radius 1 is 1.36 bits per heavy atom. The van der Waals surface area contributed by atoms with Crippen molar-refractivity contribution in [2.45, 2.75) is 48.6 Å². The lowest BCUT2D eigenvalue weighted by Gasteiger charge is -2.07. The van der Waals surface area contributed by atoms with Crippen LogP contribution in [-0.2, 0) is 10.5 Å². The maximum atomic E-state index is 12.0. The molecule has 1 aromatic heterocycles. The molecule has 7 heteroatoms. The van der Waals surface area contributed by atoms with Gasteiger partial charge in [-0.1, -0.05) is 60.9 Å². The Morgan fingerprint density at radius 3 is 3.00 bits per heavy atom. The van der Waals surface area contributed by atoms with Crippen molar-refractivity contribution in [3.8, 4) is 5.75 Å². The van der Waals surface area contributed by atoms with Crippen molar-refractivity contribution >= 4 is 34.1 Å². The molecule has 1 heterocycles. The average molecular weight is 378 g/mol. The molecule has 0 bridgehead atoms. The number of nitrogens with one attached hydrogen (secondary N) is 1. The Hall–Kier alpha value is -1.60. The van der Waals surface area contributed by atoms with Crippen LogP contribution in [0.25, 0.3) is 0 Å². The minimum Gasteiger partial charge on any atom is -0.497 e. The number of thioether (sulfide) groups is 1. The predicted octanol–water partition coefficient (Wildman–Crippen LogP) is 4.75. The van der Waals surface area contributed by atoms with E-state index in [4.69, 9.17) is 4.74 Å². The largest absolute Gasteiger partial charge is 0.497 e. The number of rotatable bonds is 8. The van der Waals surface area contributed by atoms with Gasteiger partial charge in [-0.3, -0.25) is 4.79 Å². The van der Waals surface area contributed by atoms with E-state index >= 15 is 0 Å². The Labute approximate surface area is 156 Å². The van der Waals surface area contributed by atoms with Crippen LogP contribution in [0.1, 0.15) is 44.1 Å². The van der Waals surface area contributed by atoms with Crippen molar-refractivity contribution in [3.05, 3.63) is 29.8 Å². The number of benzene rings is 1. The van der Waals surface area contributed by atoms with Crippen molar-refractivity contribution in [2.75, 3.05) is 12.4 Å². The fourth-order valence-corrected chi connectivity index (χ4v) is 4.75. The maximum Gasteiger partial charge on any atom is 0.226 e. The third-order valence-corrected chi connectivity index (χ3v) is 6.45. The van der Waals surface area contributed by atoms with Gasteiger partial charge in [0, 0.05) is 12.2 Å². The molecule has 134 valence electrons. The van der Waals surface area contributed by atoms with Crippen LogP contribution in [-0.4, -0.2) is 23.2 Å². The number of carbonyl (C=O) groups is 1. The highest BCUT2D eigenvalue weighted by atomic mass is 32.2. The zero-order valence-electron chi connectivity index (χ0n) is 14.4. The molecule has 3 rings (SSSR count). The molecule has 0 saturated heterocycles. The molecule has 1 aliphatic rings. The highest BCUT2D eigenvalue weighted by Crippen LogP contribution is 2.30. The third kappa shape index (κ3) is 5.71. The third-order valence-electron chi connectivity index (χ3n) is 4.40. The van der Waals surface area contributed by atoms with Gasteiger partial charge in [0.2, 0.25) is 11.0 Å². The summed E-state index contributed by atoms with van der Waals surface area (Å²) < 4.78 is 6.09. The van der Waals surface area contributed by atoms with Gasteiger partial charge in [0.1, 0.15) is 5.75 Å². The monoisotopic (exact) mass is 377 g/mol. The van der Waals surface area contributed by atoms with Crippen LogP contribution < -0.4 is 10.1 Å². The van der Waals surface area contributed by atoms with Crippen LogP contribution in [0.5, 0.6) is 5.75 Å². The fraction of sp³-hybridized carbons (Fsp3) is 0.500. The number of ether oxygens (including phenoxy) is 1. The number of hydrogen-bond acceptors (Lipinski definition) is 6. The molecule has 2 aromatic rings. The Kier molecular flexibility index (Phi) is 6.69. The van der Waals surface area contributed by atoms with Crippen molar-refractivity contribution in [1.29, 1.82) is 0 Å². The smallest absolute Gasteiger partial charge is 0.226 e. The van der Waals surface area contributed by atoms with Gasteiger partial charge in [-0.05, 0) is 30.0 Å². The molecule has 0 spiro atoms. The first-order chi connectivity index (χ1) is 12.2. The van der Waals surface area contributed by atoms with Gasteiger partial charge in [0.15, 0.2) is 4.34 Å². The summed E-state index contributed by atoms with van der Waals surface area (Å²) in [5.74, 6) is 2.42. The van der Waals surface area contributed by atoms with Gasteiger partial charge in [0.25, 0.3) is 0 Å². The van der Waals surface area contributed by atoms with Crippen molar-refractivity contribution in [1.82, 2.24) is 10.2 Å². The van der Waals surface area contributed by atoms with Gasteiger partial charge < -0.3 is 10.1 Å². The van der Waals surface area contributed by atoms with E-state index in [0.29, 0.717) is 11.6 Å². The van der Waals surface area contributed by atoms with E-state index in [0.717, 1.165) is 28.2 Å². The number of carbonyl (C=O) groups excluding carboxylic acids is 1. The minimum absolute atomic E-state index is 0.0485. The number of amides is 1. The normalized spacial score (nSPS) is 14.6. The first kappa shape index (κ1) is 18.2. The van der Waals surface area contributed by atoms with Gasteiger partial charge in [-0.2, -0.15) is 0 Å². The van der Waals surface area contributed by atoms with E-state index in [2.05, 4.69) is 21.6 Å². The van der Waals surface area contributed by atoms with Crippen molar-refractivity contribution in [3.63, 3.8) is 0 Å². The summed E-state index contributed by atoms with van der Waals surface area (Å²) in [4.78, 5) is 12.0. The summed E-state index contributed by atoms with van der Waals surface area (Å²) in [5, 5.41) is 11.7. The number of nitrogens with zero attached hydrogens (tertiary/aromatic N) is 2. The highest BCUT2D eigenvalue weighted by molar-refractivity contribution is 8.00. The quantitative estimate of drug-likeness (QED) is 0.531. The van der Waals surface area contributed by atoms with E-state index in [1.165, 1.54) is 42.6 Å². The summed E-state index contributed by atoms with van der Waals surface area (Å²) in [6.45, 7) is 0. The lowest BCUT2D eigenvalue weighted by molar-refractivity contribution is -0.116. The molecule has 1 amide bonds. The molecule has 1 aromatic carbocycles. The Balaban J connectivity index is 1.44. The standard InChI is InChI=1S/C18H23N3O2S2/c1-23-15-8-4-7-14(11-15)12-24-18-21-20-17(25-18)19-16(22)10-9-13-5-2-3-6-13/h4,7-8,11,13H,2-3,5-6,9-10,12H2,1H3,(H,19,20,22). The van der Waals surface area contributed by atoms with Crippen LogP contribution in [0.15, 0.2) is 28.6 Å². The summed E-state index contributed by atoms with van der Waals surface area (Å²) in [7, 11) is 1.67.